The molecule has 2 saturated heterocycles. The molecule has 3 aliphatic heterocycles. The average molecular weight is 649 g/mol. The number of anilines is 1. The number of rotatable bonds is 4. The molecule has 12 heteroatoms. The van der Waals surface area contributed by atoms with Crippen molar-refractivity contribution in [2.75, 3.05) is 31.6 Å². The number of alkyl halides is 2. The Bertz CT molecular complexity index is 1890. The van der Waals surface area contributed by atoms with Gasteiger partial charge in [-0.1, -0.05) is 18.9 Å². The van der Waals surface area contributed by atoms with E-state index in [9.17, 15) is 18.3 Å². The third kappa shape index (κ3) is 5.69. The summed E-state index contributed by atoms with van der Waals surface area (Å²) in [6.45, 7) is 3.60. The summed E-state index contributed by atoms with van der Waals surface area (Å²) in [5, 5.41) is 16.8. The summed E-state index contributed by atoms with van der Waals surface area (Å²) in [6.07, 6.45) is 7.52. The summed E-state index contributed by atoms with van der Waals surface area (Å²) in [6, 6.07) is 5.26. The van der Waals surface area contributed by atoms with Gasteiger partial charge in [-0.15, -0.1) is 6.42 Å². The fourth-order valence-corrected chi connectivity index (χ4v) is 7.51. The van der Waals surface area contributed by atoms with E-state index in [1.54, 1.807) is 6.92 Å². The van der Waals surface area contributed by atoms with Crippen molar-refractivity contribution >= 4 is 27.5 Å². The van der Waals surface area contributed by atoms with Gasteiger partial charge in [0.25, 0.3) is 0 Å². The average Bonchev–Trinajstić information content (AvgIpc) is 3.64. The first-order chi connectivity index (χ1) is 22.7. The molecule has 3 atom stereocenters. The number of pyridine rings is 1. The number of aromatic nitrogens is 3. The molecule has 8 nitrogen and oxygen atoms in total. The standard InChI is InChI=1S/C35H36F4N6O2/c1-3-22-24(36)10-9-20-15-21(46)16-23(27(20)22)30-29(38)31-28-25(41-30)8-4-7-19(2)32(39)42-26(37)17-40-33(28)44-34(43-31)47-18-35-11-5-13-45(35)14-6-12-35/h1,9-10,15-16,19,26,32,42,46H,4-8,11-14,17-18H2,2H3,(H,40,43,44). The zero-order valence-electron chi connectivity index (χ0n) is 26.1. The third-order valence-corrected chi connectivity index (χ3v) is 9.93. The van der Waals surface area contributed by atoms with Gasteiger partial charge < -0.3 is 15.2 Å². The van der Waals surface area contributed by atoms with E-state index < -0.39 is 30.1 Å². The lowest BCUT2D eigenvalue weighted by Gasteiger charge is -2.31. The number of benzene rings is 2. The van der Waals surface area contributed by atoms with E-state index in [2.05, 4.69) is 31.4 Å². The molecule has 0 radical (unpaired) electrons. The van der Waals surface area contributed by atoms with Crippen LogP contribution in [0.1, 0.15) is 56.7 Å². The van der Waals surface area contributed by atoms with Gasteiger partial charge >= 0.3 is 6.01 Å². The second-order valence-electron chi connectivity index (χ2n) is 13.0. The lowest BCUT2D eigenvalue weighted by Crippen LogP contribution is -2.43. The molecule has 5 heterocycles. The minimum atomic E-state index is -1.76. The molecule has 0 aliphatic carbocycles. The molecule has 0 amide bonds. The van der Waals surface area contributed by atoms with Crippen LogP contribution < -0.4 is 15.4 Å². The first kappa shape index (κ1) is 31.4. The maximum absolute atomic E-state index is 16.9. The molecule has 2 fully saturated rings. The Morgan fingerprint density at radius 2 is 1.87 bits per heavy atom. The number of aromatic hydroxyl groups is 1. The Morgan fingerprint density at radius 3 is 2.64 bits per heavy atom. The van der Waals surface area contributed by atoms with E-state index >= 15 is 4.39 Å². The number of phenolic OH excluding ortho intramolecular Hbond substituents is 1. The van der Waals surface area contributed by atoms with E-state index in [0.29, 0.717) is 30.5 Å². The van der Waals surface area contributed by atoms with Gasteiger partial charge in [-0.2, -0.15) is 9.97 Å². The number of hydrogen-bond donors (Lipinski definition) is 3. The number of hydrogen-bond acceptors (Lipinski definition) is 8. The number of aryl methyl sites for hydroxylation is 1. The van der Waals surface area contributed by atoms with Crippen molar-refractivity contribution in [1.29, 1.82) is 0 Å². The maximum atomic E-state index is 16.9. The van der Waals surface area contributed by atoms with Gasteiger partial charge in [0, 0.05) is 16.9 Å². The molecule has 3 N–H and O–H groups in total. The molecule has 0 bridgehead atoms. The second-order valence-corrected chi connectivity index (χ2v) is 13.0. The molecular formula is C35H36F4N6O2. The van der Waals surface area contributed by atoms with Gasteiger partial charge in [-0.25, -0.2) is 22.5 Å². The first-order valence-electron chi connectivity index (χ1n) is 16.2. The summed E-state index contributed by atoms with van der Waals surface area (Å²) < 4.78 is 67.9. The van der Waals surface area contributed by atoms with Crippen molar-refractivity contribution in [2.24, 2.45) is 5.92 Å². The van der Waals surface area contributed by atoms with Crippen LogP contribution >= 0.6 is 0 Å². The Labute approximate surface area is 269 Å². The highest BCUT2D eigenvalue weighted by Crippen LogP contribution is 2.41. The Kier molecular flexibility index (Phi) is 8.30. The predicted molar refractivity (Wildman–Crippen MR) is 172 cm³/mol. The molecule has 3 unspecified atom stereocenters. The predicted octanol–water partition coefficient (Wildman–Crippen LogP) is 6.38. The van der Waals surface area contributed by atoms with Crippen LogP contribution in [0.2, 0.25) is 0 Å². The highest BCUT2D eigenvalue weighted by Gasteiger charge is 2.45. The molecule has 246 valence electrons. The highest BCUT2D eigenvalue weighted by atomic mass is 19.2. The topological polar surface area (TPSA) is 95.4 Å². The van der Waals surface area contributed by atoms with E-state index in [1.165, 1.54) is 24.3 Å². The monoisotopic (exact) mass is 648 g/mol. The molecule has 47 heavy (non-hydrogen) atoms. The van der Waals surface area contributed by atoms with Crippen molar-refractivity contribution in [3.8, 4) is 35.4 Å². The van der Waals surface area contributed by atoms with Gasteiger partial charge in [-0.3, -0.25) is 10.2 Å². The Balaban J connectivity index is 1.43. The SMILES string of the molecule is C#Cc1c(F)ccc2cc(O)cc(-c3nc4c5c(nc(OCC67CCCN6CCC7)nc5c3F)NCC(F)NC(F)C(C)CCC4)c12. The molecule has 0 saturated carbocycles. The van der Waals surface area contributed by atoms with Crippen molar-refractivity contribution in [3.05, 3.63) is 47.2 Å². The van der Waals surface area contributed by atoms with E-state index in [4.69, 9.17) is 16.1 Å². The third-order valence-electron chi connectivity index (χ3n) is 9.93. The van der Waals surface area contributed by atoms with Gasteiger partial charge in [0.2, 0.25) is 0 Å². The van der Waals surface area contributed by atoms with E-state index in [1.807, 2.05) is 0 Å². The Morgan fingerprint density at radius 1 is 1.09 bits per heavy atom. The number of halogens is 4. The van der Waals surface area contributed by atoms with Gasteiger partial charge in [0.05, 0.1) is 28.7 Å². The normalized spacial score (nSPS) is 23.1. The summed E-state index contributed by atoms with van der Waals surface area (Å²) >= 11 is 0. The van der Waals surface area contributed by atoms with Crippen LogP contribution in [-0.4, -0.2) is 69.3 Å². The van der Waals surface area contributed by atoms with Crippen LogP contribution in [0.15, 0.2) is 24.3 Å². The van der Waals surface area contributed by atoms with Crippen molar-refractivity contribution in [3.63, 3.8) is 0 Å². The summed E-state index contributed by atoms with van der Waals surface area (Å²) in [5.74, 6) is 0.231. The number of nitrogens with zero attached hydrogens (tertiary/aromatic N) is 4. The van der Waals surface area contributed by atoms with E-state index in [0.717, 1.165) is 38.8 Å². The first-order valence-corrected chi connectivity index (χ1v) is 16.2. The molecule has 7 rings (SSSR count). The second kappa shape index (κ2) is 12.4. The molecule has 2 aromatic heterocycles. The van der Waals surface area contributed by atoms with Crippen LogP contribution in [0.4, 0.5) is 23.4 Å². The lowest BCUT2D eigenvalue weighted by atomic mass is 9.94. The van der Waals surface area contributed by atoms with Crippen LogP contribution in [0.25, 0.3) is 32.9 Å². The van der Waals surface area contributed by atoms with Crippen LogP contribution in [0.5, 0.6) is 11.8 Å². The van der Waals surface area contributed by atoms with E-state index in [-0.39, 0.29) is 69.2 Å². The molecule has 4 aromatic rings. The van der Waals surface area contributed by atoms with Crippen LogP contribution in [0.3, 0.4) is 0 Å². The van der Waals surface area contributed by atoms with Gasteiger partial charge in [-0.05, 0) is 81.6 Å². The van der Waals surface area contributed by atoms with Crippen molar-refractivity contribution in [1.82, 2.24) is 25.2 Å². The molecular weight excluding hydrogens is 612 g/mol. The summed E-state index contributed by atoms with van der Waals surface area (Å²) in [4.78, 5) is 16.3. The van der Waals surface area contributed by atoms with Crippen LogP contribution in [-0.2, 0) is 6.42 Å². The van der Waals surface area contributed by atoms with Crippen LogP contribution in [0, 0.1) is 29.9 Å². The number of phenols is 1. The number of nitrogens with one attached hydrogen (secondary N) is 2. The number of fused-ring (bicyclic) bond motifs is 2. The van der Waals surface area contributed by atoms with Gasteiger partial charge in [0.15, 0.2) is 18.4 Å². The highest BCUT2D eigenvalue weighted by molar-refractivity contribution is 6.03. The quantitative estimate of drug-likeness (QED) is 0.133. The zero-order valence-corrected chi connectivity index (χ0v) is 26.1. The Hall–Kier alpha value is -4.21. The lowest BCUT2D eigenvalue weighted by molar-refractivity contribution is 0.108. The minimum Gasteiger partial charge on any atom is -0.508 e. The zero-order chi connectivity index (χ0) is 32.9. The van der Waals surface area contributed by atoms with Crippen molar-refractivity contribution in [2.45, 2.75) is 70.0 Å². The molecule has 3 aliphatic rings. The van der Waals surface area contributed by atoms with Gasteiger partial charge in [0.1, 0.15) is 35.2 Å². The largest absolute Gasteiger partial charge is 0.508 e. The minimum absolute atomic E-state index is 0.0847. The number of terminal acetylenes is 1. The maximum Gasteiger partial charge on any atom is 0.319 e. The summed E-state index contributed by atoms with van der Waals surface area (Å²) in [7, 11) is 0. The number of ether oxygens (including phenoxy) is 1. The fourth-order valence-electron chi connectivity index (χ4n) is 7.51. The molecule has 0 spiro atoms. The smallest absolute Gasteiger partial charge is 0.319 e. The fraction of sp³-hybridized carbons (Fsp3) is 0.457. The van der Waals surface area contributed by atoms with Crippen molar-refractivity contribution < 1.29 is 27.4 Å². The summed E-state index contributed by atoms with van der Waals surface area (Å²) in [5.41, 5.74) is -0.108. The molecule has 2 aromatic carbocycles.